The highest BCUT2D eigenvalue weighted by atomic mass is 79.9. The summed E-state index contributed by atoms with van der Waals surface area (Å²) in [5.41, 5.74) is 0. The van der Waals surface area contributed by atoms with E-state index in [2.05, 4.69) is 34.7 Å². The van der Waals surface area contributed by atoms with Gasteiger partial charge in [-0.1, -0.05) is 29.8 Å². The fraction of sp³-hybridized carbons (Fsp3) is 1.00. The predicted molar refractivity (Wildman–Crippen MR) is 60.7 cm³/mol. The van der Waals surface area contributed by atoms with Gasteiger partial charge in [0.2, 0.25) is 0 Å². The molecule has 3 nitrogen and oxygen atoms in total. The van der Waals surface area contributed by atoms with E-state index in [4.69, 9.17) is 0 Å². The maximum atomic E-state index is 9.99. The maximum Gasteiger partial charge on any atom is 0.0845 e. The molecule has 0 saturated heterocycles. The van der Waals surface area contributed by atoms with E-state index in [0.29, 0.717) is 0 Å². The summed E-state index contributed by atoms with van der Waals surface area (Å²) in [7, 11) is 0. The normalized spacial score (nSPS) is 39.0. The van der Waals surface area contributed by atoms with Crippen LogP contribution in [0.4, 0.5) is 0 Å². The Bertz CT molecular complexity index is 174. The first-order chi connectivity index (χ1) is 6.61. The monoisotopic (exact) mass is 265 g/mol. The molecule has 0 radical (unpaired) electrons. The molecule has 0 amide bonds. The average Bonchev–Trinajstić information content (AvgIpc) is 2.19. The Balaban J connectivity index is 2.70. The Labute approximate surface area is 94.2 Å². The zero-order valence-corrected chi connectivity index (χ0v) is 10.4. The van der Waals surface area contributed by atoms with Crippen molar-refractivity contribution in [3.63, 3.8) is 0 Å². The minimum absolute atomic E-state index is 0.108. The van der Waals surface area contributed by atoms with Crippen LogP contribution < -0.4 is 0 Å². The highest BCUT2D eigenvalue weighted by Crippen LogP contribution is 2.28. The predicted octanol–water partition coefficient (Wildman–Crippen LogP) is 0.976. The van der Waals surface area contributed by atoms with Crippen molar-refractivity contribution < 1.29 is 10.2 Å². The molecule has 0 aromatic carbocycles. The number of hydrogen-bond acceptors (Lipinski definition) is 3. The van der Waals surface area contributed by atoms with Gasteiger partial charge in [0, 0.05) is 4.83 Å². The number of aliphatic hydroxyl groups excluding tert-OH is 2. The van der Waals surface area contributed by atoms with Crippen LogP contribution in [0.15, 0.2) is 0 Å². The second-order valence-electron chi connectivity index (χ2n) is 3.86. The molecule has 1 aliphatic carbocycles. The number of halogens is 1. The molecule has 0 bridgehead atoms. The van der Waals surface area contributed by atoms with E-state index in [1.54, 1.807) is 0 Å². The van der Waals surface area contributed by atoms with Crippen molar-refractivity contribution in [2.24, 2.45) is 0 Å². The molecule has 0 aliphatic heterocycles. The summed E-state index contributed by atoms with van der Waals surface area (Å²) in [6.45, 7) is 5.85. The Morgan fingerprint density at radius 2 is 1.79 bits per heavy atom. The van der Waals surface area contributed by atoms with Crippen LogP contribution in [0.2, 0.25) is 0 Å². The highest BCUT2D eigenvalue weighted by Gasteiger charge is 2.38. The van der Waals surface area contributed by atoms with Crippen molar-refractivity contribution in [2.45, 2.75) is 49.8 Å². The SMILES string of the molecule is CCN(CC)[C@@H]1[C@H](O)[C@@H](Br)CC[C@H]1O. The summed E-state index contributed by atoms with van der Waals surface area (Å²) in [5.74, 6) is 0. The minimum atomic E-state index is -0.460. The summed E-state index contributed by atoms with van der Waals surface area (Å²) in [6, 6.07) is -0.108. The van der Waals surface area contributed by atoms with Crippen LogP contribution in [0, 0.1) is 0 Å². The Morgan fingerprint density at radius 1 is 1.21 bits per heavy atom. The summed E-state index contributed by atoms with van der Waals surface area (Å²) >= 11 is 3.46. The molecular weight excluding hydrogens is 246 g/mol. The maximum absolute atomic E-state index is 9.99. The van der Waals surface area contributed by atoms with Gasteiger partial charge in [0.05, 0.1) is 18.2 Å². The smallest absolute Gasteiger partial charge is 0.0845 e. The lowest BCUT2D eigenvalue weighted by molar-refractivity contribution is -0.0486. The van der Waals surface area contributed by atoms with Gasteiger partial charge in [0.15, 0.2) is 0 Å². The highest BCUT2D eigenvalue weighted by molar-refractivity contribution is 9.09. The fourth-order valence-electron chi connectivity index (χ4n) is 2.22. The van der Waals surface area contributed by atoms with Gasteiger partial charge < -0.3 is 10.2 Å². The van der Waals surface area contributed by atoms with Crippen LogP contribution in [0.25, 0.3) is 0 Å². The van der Waals surface area contributed by atoms with Gasteiger partial charge in [-0.15, -0.1) is 0 Å². The van der Waals surface area contributed by atoms with E-state index in [1.807, 2.05) is 0 Å². The fourth-order valence-corrected chi connectivity index (χ4v) is 2.79. The first kappa shape index (κ1) is 12.4. The largest absolute Gasteiger partial charge is 0.391 e. The van der Waals surface area contributed by atoms with E-state index in [0.717, 1.165) is 25.9 Å². The molecule has 0 unspecified atom stereocenters. The van der Waals surface area contributed by atoms with Gasteiger partial charge in [0.1, 0.15) is 0 Å². The summed E-state index contributed by atoms with van der Waals surface area (Å²) in [6.07, 6.45) is 0.770. The molecule has 0 heterocycles. The molecule has 2 N–H and O–H groups in total. The number of aliphatic hydroxyl groups is 2. The lowest BCUT2D eigenvalue weighted by Gasteiger charge is -2.42. The zero-order valence-electron chi connectivity index (χ0n) is 8.86. The number of nitrogens with zero attached hydrogens (tertiary/aromatic N) is 1. The topological polar surface area (TPSA) is 43.7 Å². The van der Waals surface area contributed by atoms with Gasteiger partial charge in [-0.2, -0.15) is 0 Å². The average molecular weight is 266 g/mol. The minimum Gasteiger partial charge on any atom is -0.391 e. The lowest BCUT2D eigenvalue weighted by Crippen LogP contribution is -2.56. The van der Waals surface area contributed by atoms with Crippen molar-refractivity contribution in [1.29, 1.82) is 0 Å². The lowest BCUT2D eigenvalue weighted by atomic mass is 9.88. The number of alkyl halides is 1. The molecule has 4 heteroatoms. The molecule has 0 aromatic rings. The molecule has 4 atom stereocenters. The quantitative estimate of drug-likeness (QED) is 0.748. The van der Waals surface area contributed by atoms with Gasteiger partial charge in [-0.25, -0.2) is 0 Å². The van der Waals surface area contributed by atoms with Crippen LogP contribution >= 0.6 is 15.9 Å². The standard InChI is InChI=1S/C10H20BrNO2/c1-3-12(4-2)9-8(13)6-5-7(11)10(9)14/h7-10,13-14H,3-6H2,1-2H3/t7-,8+,9-,10+/m0/s1. The van der Waals surface area contributed by atoms with Crippen molar-refractivity contribution in [3.05, 3.63) is 0 Å². The van der Waals surface area contributed by atoms with Crippen molar-refractivity contribution in [3.8, 4) is 0 Å². The molecule has 0 aromatic heterocycles. The molecule has 1 rings (SSSR count). The molecule has 1 saturated carbocycles. The summed E-state index contributed by atoms with van der Waals surface area (Å²) < 4.78 is 0. The molecule has 1 fully saturated rings. The Morgan fingerprint density at radius 3 is 2.29 bits per heavy atom. The second-order valence-corrected chi connectivity index (χ2v) is 5.04. The van der Waals surface area contributed by atoms with E-state index in [1.165, 1.54) is 0 Å². The van der Waals surface area contributed by atoms with Crippen LogP contribution in [-0.4, -0.2) is 51.3 Å². The number of rotatable bonds is 3. The van der Waals surface area contributed by atoms with Gasteiger partial charge in [-0.05, 0) is 25.9 Å². The summed E-state index contributed by atoms with van der Waals surface area (Å²) in [4.78, 5) is 2.25. The van der Waals surface area contributed by atoms with Gasteiger partial charge in [0.25, 0.3) is 0 Å². The Kier molecular flexibility index (Phi) is 4.83. The first-order valence-corrected chi connectivity index (χ1v) is 6.27. The molecule has 0 spiro atoms. The Hall–Kier alpha value is 0.360. The number of hydrogen-bond donors (Lipinski definition) is 2. The first-order valence-electron chi connectivity index (χ1n) is 5.36. The number of likely N-dealkylation sites (N-methyl/N-ethyl adjacent to an activating group) is 1. The second kappa shape index (κ2) is 5.45. The van der Waals surface area contributed by atoms with Crippen LogP contribution in [0.3, 0.4) is 0 Å². The van der Waals surface area contributed by atoms with Crippen molar-refractivity contribution >= 4 is 15.9 Å². The summed E-state index contributed by atoms with van der Waals surface area (Å²) in [5, 5.41) is 19.9. The zero-order chi connectivity index (χ0) is 10.7. The molecule has 1 aliphatic rings. The van der Waals surface area contributed by atoms with Crippen LogP contribution in [0.5, 0.6) is 0 Å². The van der Waals surface area contributed by atoms with Crippen LogP contribution in [-0.2, 0) is 0 Å². The van der Waals surface area contributed by atoms with Gasteiger partial charge in [-0.3, -0.25) is 4.90 Å². The van der Waals surface area contributed by atoms with E-state index in [-0.39, 0.29) is 10.9 Å². The van der Waals surface area contributed by atoms with E-state index < -0.39 is 12.2 Å². The van der Waals surface area contributed by atoms with Crippen molar-refractivity contribution in [1.82, 2.24) is 4.90 Å². The third-order valence-corrected chi connectivity index (χ3v) is 4.09. The van der Waals surface area contributed by atoms with Crippen LogP contribution in [0.1, 0.15) is 26.7 Å². The molecule has 14 heavy (non-hydrogen) atoms. The van der Waals surface area contributed by atoms with E-state index in [9.17, 15) is 10.2 Å². The van der Waals surface area contributed by atoms with E-state index >= 15 is 0 Å². The molecular formula is C10H20BrNO2. The van der Waals surface area contributed by atoms with Gasteiger partial charge >= 0.3 is 0 Å². The molecule has 84 valence electrons. The third kappa shape index (κ3) is 2.48. The third-order valence-electron chi connectivity index (χ3n) is 3.09. The van der Waals surface area contributed by atoms with Crippen molar-refractivity contribution in [2.75, 3.05) is 13.1 Å².